The van der Waals surface area contributed by atoms with E-state index in [1.807, 2.05) is 4.90 Å². The van der Waals surface area contributed by atoms with Crippen molar-refractivity contribution in [1.29, 1.82) is 0 Å². The molecule has 1 fully saturated rings. The van der Waals surface area contributed by atoms with Gasteiger partial charge >= 0.3 is 11.7 Å². The minimum Gasteiger partial charge on any atom is -0.477 e. The first-order chi connectivity index (χ1) is 10.0. The van der Waals surface area contributed by atoms with E-state index in [1.54, 1.807) is 0 Å². The molecule has 0 radical (unpaired) electrons. The Kier molecular flexibility index (Phi) is 4.69. The molecule has 2 heterocycles. The highest BCUT2D eigenvalue weighted by atomic mass is 16.6. The first-order valence-corrected chi connectivity index (χ1v) is 6.80. The third kappa shape index (κ3) is 3.27. The average molecular weight is 295 g/mol. The molecule has 0 saturated carbocycles. The largest absolute Gasteiger partial charge is 0.477 e. The van der Waals surface area contributed by atoms with Gasteiger partial charge in [0.1, 0.15) is 17.6 Å². The van der Waals surface area contributed by atoms with Gasteiger partial charge in [-0.15, -0.1) is 0 Å². The summed E-state index contributed by atoms with van der Waals surface area (Å²) in [5.41, 5.74) is -0.875. The maximum Gasteiger partial charge on any atom is 0.342 e. The van der Waals surface area contributed by atoms with Crippen LogP contribution in [0, 0.1) is 10.1 Å². The smallest absolute Gasteiger partial charge is 0.342 e. The maximum atomic E-state index is 11.2. The van der Waals surface area contributed by atoms with Crippen LogP contribution < -0.4 is 4.90 Å². The number of pyridine rings is 1. The number of nitrogens with zero attached hydrogens (tertiary/aromatic N) is 3. The fourth-order valence-corrected chi connectivity index (χ4v) is 2.66. The van der Waals surface area contributed by atoms with Gasteiger partial charge in [0.25, 0.3) is 0 Å². The zero-order chi connectivity index (χ0) is 15.4. The van der Waals surface area contributed by atoms with Crippen molar-refractivity contribution in [2.24, 2.45) is 0 Å². The van der Waals surface area contributed by atoms with Crippen LogP contribution in [0.25, 0.3) is 0 Å². The van der Waals surface area contributed by atoms with Gasteiger partial charge in [-0.05, 0) is 25.7 Å². The van der Waals surface area contributed by atoms with Crippen molar-refractivity contribution in [1.82, 2.24) is 4.98 Å². The normalized spacial score (nSPS) is 18.5. The van der Waals surface area contributed by atoms with Gasteiger partial charge in [-0.2, -0.15) is 0 Å². The number of aromatic carboxylic acids is 1. The van der Waals surface area contributed by atoms with Crippen molar-refractivity contribution >= 4 is 17.5 Å². The number of nitro groups is 1. The molecule has 1 aromatic heterocycles. The first kappa shape index (κ1) is 15.2. The molecule has 1 saturated heterocycles. The Morgan fingerprint density at radius 2 is 2.29 bits per heavy atom. The zero-order valence-corrected chi connectivity index (χ0v) is 11.4. The van der Waals surface area contributed by atoms with Crippen LogP contribution in [0.2, 0.25) is 0 Å². The molecular weight excluding hydrogens is 278 g/mol. The Labute approximate surface area is 121 Å². The van der Waals surface area contributed by atoms with Crippen molar-refractivity contribution in [2.45, 2.75) is 31.7 Å². The molecule has 1 aromatic rings. The minimum absolute atomic E-state index is 0.0416. The van der Waals surface area contributed by atoms with E-state index in [0.717, 1.165) is 25.5 Å². The van der Waals surface area contributed by atoms with E-state index < -0.39 is 16.6 Å². The van der Waals surface area contributed by atoms with E-state index in [2.05, 4.69) is 4.98 Å². The molecule has 8 nitrogen and oxygen atoms in total. The van der Waals surface area contributed by atoms with Crippen LogP contribution in [0.4, 0.5) is 11.5 Å². The van der Waals surface area contributed by atoms with Crippen LogP contribution in [0.1, 0.15) is 36.0 Å². The Hall–Kier alpha value is -2.22. The standard InChI is InChI=1S/C13H17N3O5/c17-6-4-9-3-1-2-5-15(9)12-7-10(13(18)19)11(8-14-12)16(20)21/h7-9,17H,1-6H2,(H,18,19). The van der Waals surface area contributed by atoms with Gasteiger partial charge < -0.3 is 15.1 Å². The van der Waals surface area contributed by atoms with Crippen molar-refractivity contribution in [3.63, 3.8) is 0 Å². The Morgan fingerprint density at radius 3 is 2.90 bits per heavy atom. The zero-order valence-electron chi connectivity index (χ0n) is 11.4. The topological polar surface area (TPSA) is 117 Å². The molecule has 0 aliphatic carbocycles. The summed E-state index contributed by atoms with van der Waals surface area (Å²) in [7, 11) is 0. The molecule has 1 aliphatic rings. The molecule has 114 valence electrons. The summed E-state index contributed by atoms with van der Waals surface area (Å²) < 4.78 is 0. The lowest BCUT2D eigenvalue weighted by atomic mass is 9.99. The lowest BCUT2D eigenvalue weighted by Crippen LogP contribution is -2.40. The molecule has 0 bridgehead atoms. The molecule has 8 heteroatoms. The molecule has 21 heavy (non-hydrogen) atoms. The SMILES string of the molecule is O=C(O)c1cc(N2CCCCC2CCO)ncc1[N+](=O)[O-]. The molecule has 1 unspecified atom stereocenters. The highest BCUT2D eigenvalue weighted by Crippen LogP contribution is 2.28. The average Bonchev–Trinajstić information content (AvgIpc) is 2.47. The van der Waals surface area contributed by atoms with E-state index >= 15 is 0 Å². The van der Waals surface area contributed by atoms with E-state index in [0.29, 0.717) is 18.8 Å². The van der Waals surface area contributed by atoms with Crippen molar-refractivity contribution in [3.05, 3.63) is 27.9 Å². The summed E-state index contributed by atoms with van der Waals surface area (Å²) in [6.45, 7) is 0.745. The number of carboxylic acid groups (broad SMARTS) is 1. The second-order valence-corrected chi connectivity index (χ2v) is 4.98. The number of hydrogen-bond acceptors (Lipinski definition) is 6. The predicted octanol–water partition coefficient (Wildman–Crippen LogP) is 1.43. The Balaban J connectivity index is 2.36. The number of aliphatic hydroxyl groups excluding tert-OH is 1. The third-order valence-electron chi connectivity index (χ3n) is 3.68. The molecule has 2 N–H and O–H groups in total. The van der Waals surface area contributed by atoms with Gasteiger partial charge in [0.2, 0.25) is 0 Å². The van der Waals surface area contributed by atoms with Gasteiger partial charge in [0.05, 0.1) is 4.92 Å². The summed E-state index contributed by atoms with van der Waals surface area (Å²) in [5, 5.41) is 29.1. The second kappa shape index (κ2) is 6.49. The van der Waals surface area contributed by atoms with Gasteiger partial charge in [0.15, 0.2) is 0 Å². The van der Waals surface area contributed by atoms with Crippen LogP contribution in [0.3, 0.4) is 0 Å². The minimum atomic E-state index is -1.35. The van der Waals surface area contributed by atoms with Gasteiger partial charge in [0, 0.05) is 25.3 Å². The molecule has 0 aromatic carbocycles. The number of rotatable bonds is 5. The highest BCUT2D eigenvalue weighted by molar-refractivity contribution is 5.93. The van der Waals surface area contributed by atoms with Crippen LogP contribution >= 0.6 is 0 Å². The van der Waals surface area contributed by atoms with Crippen LogP contribution in [0.15, 0.2) is 12.3 Å². The van der Waals surface area contributed by atoms with Crippen LogP contribution in [0.5, 0.6) is 0 Å². The Bertz CT molecular complexity index is 547. The van der Waals surface area contributed by atoms with Crippen LogP contribution in [-0.4, -0.2) is 45.3 Å². The third-order valence-corrected chi connectivity index (χ3v) is 3.68. The van der Waals surface area contributed by atoms with Crippen molar-refractivity contribution < 1.29 is 19.9 Å². The predicted molar refractivity (Wildman–Crippen MR) is 74.5 cm³/mol. The van der Waals surface area contributed by atoms with Gasteiger partial charge in [-0.3, -0.25) is 10.1 Å². The fraction of sp³-hybridized carbons (Fsp3) is 0.538. The second-order valence-electron chi connectivity index (χ2n) is 4.98. The number of carboxylic acids is 1. The molecular formula is C13H17N3O5. The first-order valence-electron chi connectivity index (χ1n) is 6.80. The number of anilines is 1. The van der Waals surface area contributed by atoms with Gasteiger partial charge in [-0.1, -0.05) is 0 Å². The van der Waals surface area contributed by atoms with E-state index in [-0.39, 0.29) is 18.2 Å². The number of aliphatic hydroxyl groups is 1. The fourth-order valence-electron chi connectivity index (χ4n) is 2.66. The van der Waals surface area contributed by atoms with Crippen molar-refractivity contribution in [2.75, 3.05) is 18.1 Å². The number of aromatic nitrogens is 1. The summed E-state index contributed by atoms with van der Waals surface area (Å²) in [6.07, 6.45) is 4.44. The van der Waals surface area contributed by atoms with Gasteiger partial charge in [-0.25, -0.2) is 9.78 Å². The summed E-state index contributed by atoms with van der Waals surface area (Å²) in [6, 6.07) is 1.33. The summed E-state index contributed by atoms with van der Waals surface area (Å²) >= 11 is 0. The van der Waals surface area contributed by atoms with E-state index in [4.69, 9.17) is 10.2 Å². The lowest BCUT2D eigenvalue weighted by Gasteiger charge is -2.36. The van der Waals surface area contributed by atoms with E-state index in [9.17, 15) is 14.9 Å². The Morgan fingerprint density at radius 1 is 1.52 bits per heavy atom. The van der Waals surface area contributed by atoms with Crippen molar-refractivity contribution in [3.8, 4) is 0 Å². The number of piperidine rings is 1. The van der Waals surface area contributed by atoms with E-state index in [1.165, 1.54) is 6.07 Å². The number of carbonyl (C=O) groups is 1. The molecule has 2 rings (SSSR count). The summed E-state index contributed by atoms with van der Waals surface area (Å²) in [5.74, 6) is -0.933. The molecule has 1 aliphatic heterocycles. The number of hydrogen-bond donors (Lipinski definition) is 2. The quantitative estimate of drug-likeness (QED) is 0.623. The highest BCUT2D eigenvalue weighted by Gasteiger charge is 2.27. The maximum absolute atomic E-state index is 11.2. The monoisotopic (exact) mass is 295 g/mol. The lowest BCUT2D eigenvalue weighted by molar-refractivity contribution is -0.385. The molecule has 1 atom stereocenters. The molecule has 0 amide bonds. The summed E-state index contributed by atoms with van der Waals surface area (Å²) in [4.78, 5) is 27.2. The molecule has 0 spiro atoms. The van der Waals surface area contributed by atoms with Crippen LogP contribution in [-0.2, 0) is 0 Å².